The number of nitrogens with zero attached hydrogens (tertiary/aromatic N) is 1. The van der Waals surface area contributed by atoms with E-state index in [1.54, 1.807) is 24.3 Å². The van der Waals surface area contributed by atoms with Crippen LogP contribution in [0.25, 0.3) is 0 Å². The van der Waals surface area contributed by atoms with Crippen molar-refractivity contribution in [3.63, 3.8) is 0 Å². The summed E-state index contributed by atoms with van der Waals surface area (Å²) < 4.78 is 36.0. The molecule has 0 N–H and O–H groups in total. The predicted molar refractivity (Wildman–Crippen MR) is 88.4 cm³/mol. The minimum absolute atomic E-state index is 0.119. The summed E-state index contributed by atoms with van der Waals surface area (Å²) in [6.45, 7) is 3.62. The van der Waals surface area contributed by atoms with Crippen molar-refractivity contribution < 1.29 is 17.9 Å². The molecular weight excluding hydrogens is 338 g/mol. The maximum Gasteiger partial charge on any atom is 0.179 e. The number of hydrogen-bond acceptors (Lipinski definition) is 5. The van der Waals surface area contributed by atoms with Crippen molar-refractivity contribution in [3.8, 4) is 0 Å². The molecule has 2 aliphatic heterocycles. The third kappa shape index (κ3) is 4.45. The average molecular weight is 360 g/mol. The van der Waals surface area contributed by atoms with E-state index in [0.717, 1.165) is 25.9 Å². The topological polar surface area (TPSA) is 55.8 Å². The first-order valence-electron chi connectivity index (χ1n) is 7.98. The molecule has 3 rings (SSSR count). The van der Waals surface area contributed by atoms with Crippen LogP contribution in [0.5, 0.6) is 0 Å². The van der Waals surface area contributed by atoms with Crippen LogP contribution in [0.2, 0.25) is 5.02 Å². The molecule has 0 saturated carbocycles. The molecular formula is C16H22ClNO4S. The Hall–Kier alpha value is -0.660. The summed E-state index contributed by atoms with van der Waals surface area (Å²) >= 11 is 5.81. The van der Waals surface area contributed by atoms with E-state index in [-0.39, 0.29) is 12.0 Å². The molecule has 23 heavy (non-hydrogen) atoms. The van der Waals surface area contributed by atoms with Gasteiger partial charge in [-0.3, -0.25) is 0 Å². The lowest BCUT2D eigenvalue weighted by atomic mass is 9.97. The van der Waals surface area contributed by atoms with Gasteiger partial charge in [0.15, 0.2) is 16.1 Å². The van der Waals surface area contributed by atoms with Crippen LogP contribution in [0.1, 0.15) is 12.8 Å². The number of benzene rings is 1. The number of piperidine rings is 1. The first-order chi connectivity index (χ1) is 11.0. The summed E-state index contributed by atoms with van der Waals surface area (Å²) in [7, 11) is -3.28. The molecule has 1 aromatic rings. The van der Waals surface area contributed by atoms with E-state index in [9.17, 15) is 8.42 Å². The molecule has 128 valence electrons. The largest absolute Gasteiger partial charge is 0.350 e. The van der Waals surface area contributed by atoms with E-state index in [2.05, 4.69) is 4.90 Å². The molecule has 0 aromatic heterocycles. The Morgan fingerprint density at radius 3 is 2.57 bits per heavy atom. The molecule has 1 aromatic carbocycles. The second-order valence-electron chi connectivity index (χ2n) is 6.09. The minimum Gasteiger partial charge on any atom is -0.350 e. The fraction of sp³-hybridized carbons (Fsp3) is 0.625. The van der Waals surface area contributed by atoms with Gasteiger partial charge in [-0.1, -0.05) is 11.6 Å². The van der Waals surface area contributed by atoms with E-state index in [1.807, 2.05) is 0 Å². The Labute approximate surface area is 142 Å². The molecule has 2 aliphatic rings. The highest BCUT2D eigenvalue weighted by Gasteiger charge is 2.31. The van der Waals surface area contributed by atoms with E-state index >= 15 is 0 Å². The van der Waals surface area contributed by atoms with Gasteiger partial charge in [-0.25, -0.2) is 8.42 Å². The molecule has 1 unspecified atom stereocenters. The zero-order chi connectivity index (χ0) is 16.3. The van der Waals surface area contributed by atoms with Crippen LogP contribution in [0.4, 0.5) is 0 Å². The van der Waals surface area contributed by atoms with Crippen LogP contribution in [0.3, 0.4) is 0 Å². The van der Waals surface area contributed by atoms with Gasteiger partial charge in [-0.2, -0.15) is 0 Å². The maximum absolute atomic E-state index is 12.4. The highest BCUT2D eigenvalue weighted by atomic mass is 35.5. The molecule has 0 aliphatic carbocycles. The number of rotatable bonds is 5. The van der Waals surface area contributed by atoms with Crippen molar-refractivity contribution in [2.75, 3.05) is 38.6 Å². The number of sulfone groups is 1. The fourth-order valence-electron chi connectivity index (χ4n) is 3.17. The second kappa shape index (κ2) is 7.49. The van der Waals surface area contributed by atoms with Gasteiger partial charge in [-0.05, 0) is 43.7 Å². The third-order valence-electron chi connectivity index (χ3n) is 4.42. The molecule has 7 heteroatoms. The summed E-state index contributed by atoms with van der Waals surface area (Å²) in [5.41, 5.74) is 0. The lowest BCUT2D eigenvalue weighted by molar-refractivity contribution is -0.0995. The average Bonchev–Trinajstić information content (AvgIpc) is 3.08. The first kappa shape index (κ1) is 17.2. The molecule has 2 saturated heterocycles. The summed E-state index contributed by atoms with van der Waals surface area (Å²) in [6.07, 6.45) is 2.01. The Morgan fingerprint density at radius 1 is 1.17 bits per heavy atom. The molecule has 0 radical (unpaired) electrons. The highest BCUT2D eigenvalue weighted by molar-refractivity contribution is 7.91. The predicted octanol–water partition coefficient (Wildman–Crippen LogP) is 2.20. The van der Waals surface area contributed by atoms with Gasteiger partial charge in [-0.15, -0.1) is 0 Å². The van der Waals surface area contributed by atoms with E-state index in [1.165, 1.54) is 0 Å². The van der Waals surface area contributed by atoms with Gasteiger partial charge >= 0.3 is 0 Å². The molecule has 2 heterocycles. The van der Waals surface area contributed by atoms with Crippen LogP contribution < -0.4 is 0 Å². The highest BCUT2D eigenvalue weighted by Crippen LogP contribution is 2.25. The standard InChI is InChI=1S/C16H22ClNO4S/c17-14-3-5-15(6-4-14)23(19,20)11-8-18-7-1-2-13(12-18)16-21-9-10-22-16/h3-6,13,16H,1-2,7-12H2. The molecule has 1 atom stereocenters. The summed E-state index contributed by atoms with van der Waals surface area (Å²) in [5, 5.41) is 0.541. The van der Waals surface area contributed by atoms with E-state index in [4.69, 9.17) is 21.1 Å². The molecule has 2 fully saturated rings. The zero-order valence-electron chi connectivity index (χ0n) is 13.0. The summed E-state index contributed by atoms with van der Waals surface area (Å²) in [5.74, 6) is 0.456. The molecule has 0 spiro atoms. The lowest BCUT2D eigenvalue weighted by Crippen LogP contribution is -2.42. The Balaban J connectivity index is 1.55. The van der Waals surface area contributed by atoms with Gasteiger partial charge in [0.25, 0.3) is 0 Å². The van der Waals surface area contributed by atoms with Gasteiger partial charge in [0.1, 0.15) is 0 Å². The Kier molecular flexibility index (Phi) is 5.59. The number of ether oxygens (including phenoxy) is 2. The van der Waals surface area contributed by atoms with Crippen molar-refractivity contribution in [1.82, 2.24) is 4.90 Å². The normalized spacial score (nSPS) is 24.1. The van der Waals surface area contributed by atoms with Crippen molar-refractivity contribution in [2.45, 2.75) is 24.0 Å². The van der Waals surface area contributed by atoms with Crippen molar-refractivity contribution >= 4 is 21.4 Å². The lowest BCUT2D eigenvalue weighted by Gasteiger charge is -2.34. The number of likely N-dealkylation sites (tertiary alicyclic amines) is 1. The van der Waals surface area contributed by atoms with Crippen LogP contribution in [0, 0.1) is 5.92 Å². The van der Waals surface area contributed by atoms with Crippen LogP contribution in [0.15, 0.2) is 29.2 Å². The van der Waals surface area contributed by atoms with Crippen molar-refractivity contribution in [3.05, 3.63) is 29.3 Å². The third-order valence-corrected chi connectivity index (χ3v) is 6.39. The Bertz CT molecular complexity index is 613. The van der Waals surface area contributed by atoms with E-state index in [0.29, 0.717) is 35.6 Å². The van der Waals surface area contributed by atoms with E-state index < -0.39 is 9.84 Å². The van der Waals surface area contributed by atoms with Crippen molar-refractivity contribution in [1.29, 1.82) is 0 Å². The smallest absolute Gasteiger partial charge is 0.179 e. The molecule has 0 amide bonds. The molecule has 5 nitrogen and oxygen atoms in total. The second-order valence-corrected chi connectivity index (χ2v) is 8.63. The van der Waals surface area contributed by atoms with Crippen LogP contribution >= 0.6 is 11.6 Å². The fourth-order valence-corrected chi connectivity index (χ4v) is 4.59. The Morgan fingerprint density at radius 2 is 1.87 bits per heavy atom. The molecule has 0 bridgehead atoms. The SMILES string of the molecule is O=S(=O)(CCN1CCCC(C2OCCO2)C1)c1ccc(Cl)cc1. The van der Waals surface area contributed by atoms with Crippen molar-refractivity contribution in [2.24, 2.45) is 5.92 Å². The van der Waals surface area contributed by atoms with Crippen LogP contribution in [-0.2, 0) is 19.3 Å². The first-order valence-corrected chi connectivity index (χ1v) is 10.0. The monoisotopic (exact) mass is 359 g/mol. The maximum atomic E-state index is 12.4. The van der Waals surface area contributed by atoms with Crippen LogP contribution in [-0.4, -0.2) is 58.2 Å². The number of halogens is 1. The van der Waals surface area contributed by atoms with Gasteiger partial charge in [0.2, 0.25) is 0 Å². The summed E-state index contributed by atoms with van der Waals surface area (Å²) in [6, 6.07) is 6.36. The van der Waals surface area contributed by atoms with Gasteiger partial charge in [0, 0.05) is 24.0 Å². The van der Waals surface area contributed by atoms with Gasteiger partial charge < -0.3 is 14.4 Å². The number of hydrogen-bond donors (Lipinski definition) is 0. The van der Waals surface area contributed by atoms with Gasteiger partial charge in [0.05, 0.1) is 23.9 Å². The minimum atomic E-state index is -3.28. The summed E-state index contributed by atoms with van der Waals surface area (Å²) in [4.78, 5) is 2.53. The quantitative estimate of drug-likeness (QED) is 0.806. The zero-order valence-corrected chi connectivity index (χ0v) is 14.6.